The second-order valence-corrected chi connectivity index (χ2v) is 6.83. The van der Waals surface area contributed by atoms with Crippen molar-refractivity contribution in [1.82, 2.24) is 15.1 Å². The molecule has 1 N–H and O–H groups in total. The molecule has 0 aliphatic carbocycles. The van der Waals surface area contributed by atoms with Gasteiger partial charge < -0.3 is 10.2 Å². The quantitative estimate of drug-likeness (QED) is 0.872. The SMILES string of the molecule is CC(C)CC(C(=O)NCc1ccc(F)cc1)N1CCN(C)CC1. The second-order valence-electron chi connectivity index (χ2n) is 6.83. The lowest BCUT2D eigenvalue weighted by molar-refractivity contribution is -0.128. The smallest absolute Gasteiger partial charge is 0.237 e. The minimum atomic E-state index is -0.254. The number of benzene rings is 1. The van der Waals surface area contributed by atoms with Crippen LogP contribution in [0, 0.1) is 11.7 Å². The van der Waals surface area contributed by atoms with Gasteiger partial charge in [0.1, 0.15) is 5.82 Å². The Kier molecular flexibility index (Phi) is 6.54. The molecule has 2 rings (SSSR count). The average Bonchev–Trinajstić information content (AvgIpc) is 2.52. The van der Waals surface area contributed by atoms with E-state index < -0.39 is 0 Å². The topological polar surface area (TPSA) is 35.6 Å². The van der Waals surface area contributed by atoms with Crippen molar-refractivity contribution < 1.29 is 9.18 Å². The van der Waals surface area contributed by atoms with E-state index in [1.807, 2.05) is 0 Å². The molecule has 1 aliphatic heterocycles. The molecule has 1 atom stereocenters. The zero-order chi connectivity index (χ0) is 16.8. The Morgan fingerprint density at radius 1 is 1.17 bits per heavy atom. The molecule has 1 heterocycles. The maximum absolute atomic E-state index is 12.9. The van der Waals surface area contributed by atoms with Crippen LogP contribution in [0.15, 0.2) is 24.3 Å². The predicted molar refractivity (Wildman–Crippen MR) is 90.6 cm³/mol. The Hall–Kier alpha value is -1.46. The predicted octanol–water partition coefficient (Wildman–Crippen LogP) is 2.10. The van der Waals surface area contributed by atoms with Crippen LogP contribution in [-0.2, 0) is 11.3 Å². The van der Waals surface area contributed by atoms with Crippen molar-refractivity contribution >= 4 is 5.91 Å². The third kappa shape index (κ3) is 5.59. The molecule has 23 heavy (non-hydrogen) atoms. The third-order valence-electron chi connectivity index (χ3n) is 4.36. The maximum Gasteiger partial charge on any atom is 0.237 e. The van der Waals surface area contributed by atoms with E-state index in [4.69, 9.17) is 0 Å². The summed E-state index contributed by atoms with van der Waals surface area (Å²) in [6.45, 7) is 8.60. The fourth-order valence-electron chi connectivity index (χ4n) is 2.91. The van der Waals surface area contributed by atoms with Gasteiger partial charge in [0.25, 0.3) is 0 Å². The van der Waals surface area contributed by atoms with Crippen LogP contribution in [-0.4, -0.2) is 55.0 Å². The molecule has 128 valence electrons. The van der Waals surface area contributed by atoms with Crippen molar-refractivity contribution in [2.45, 2.75) is 32.9 Å². The molecular formula is C18H28FN3O. The molecule has 1 aromatic carbocycles. The summed E-state index contributed by atoms with van der Waals surface area (Å²) in [5, 5.41) is 3.02. The number of nitrogens with zero attached hydrogens (tertiary/aromatic N) is 2. The highest BCUT2D eigenvalue weighted by Gasteiger charge is 2.28. The zero-order valence-electron chi connectivity index (χ0n) is 14.4. The summed E-state index contributed by atoms with van der Waals surface area (Å²) in [6.07, 6.45) is 0.860. The molecule has 4 nitrogen and oxygen atoms in total. The number of hydrogen-bond acceptors (Lipinski definition) is 3. The molecule has 1 saturated heterocycles. The van der Waals surface area contributed by atoms with E-state index in [1.54, 1.807) is 12.1 Å². The third-order valence-corrected chi connectivity index (χ3v) is 4.36. The number of rotatable bonds is 6. The summed E-state index contributed by atoms with van der Waals surface area (Å²) in [6, 6.07) is 6.19. The molecule has 0 aromatic heterocycles. The van der Waals surface area contributed by atoms with Crippen LogP contribution in [0.1, 0.15) is 25.8 Å². The first kappa shape index (κ1) is 17.9. The minimum absolute atomic E-state index is 0.0765. The van der Waals surface area contributed by atoms with Crippen molar-refractivity contribution in [3.8, 4) is 0 Å². The van der Waals surface area contributed by atoms with E-state index in [0.29, 0.717) is 12.5 Å². The Balaban J connectivity index is 1.94. The largest absolute Gasteiger partial charge is 0.351 e. The van der Waals surface area contributed by atoms with Crippen LogP contribution in [0.2, 0.25) is 0 Å². The summed E-state index contributed by atoms with van der Waals surface area (Å²) in [4.78, 5) is 17.2. The number of amides is 1. The molecule has 1 amide bonds. The van der Waals surface area contributed by atoms with Gasteiger partial charge >= 0.3 is 0 Å². The lowest BCUT2D eigenvalue weighted by Gasteiger charge is -2.37. The first-order valence-electron chi connectivity index (χ1n) is 8.40. The zero-order valence-corrected chi connectivity index (χ0v) is 14.4. The van der Waals surface area contributed by atoms with Crippen molar-refractivity contribution in [1.29, 1.82) is 0 Å². The van der Waals surface area contributed by atoms with Crippen LogP contribution < -0.4 is 5.32 Å². The molecule has 5 heteroatoms. The van der Waals surface area contributed by atoms with Gasteiger partial charge in [-0.05, 0) is 37.1 Å². The lowest BCUT2D eigenvalue weighted by atomic mass is 10.0. The van der Waals surface area contributed by atoms with Crippen molar-refractivity contribution in [3.05, 3.63) is 35.6 Å². The number of carbonyl (C=O) groups is 1. The number of likely N-dealkylation sites (N-methyl/N-ethyl adjacent to an activating group) is 1. The van der Waals surface area contributed by atoms with Crippen molar-refractivity contribution in [3.63, 3.8) is 0 Å². The van der Waals surface area contributed by atoms with E-state index >= 15 is 0 Å². The highest BCUT2D eigenvalue weighted by atomic mass is 19.1. The monoisotopic (exact) mass is 321 g/mol. The van der Waals surface area contributed by atoms with Crippen LogP contribution in [0.5, 0.6) is 0 Å². The molecule has 0 radical (unpaired) electrons. The van der Waals surface area contributed by atoms with Gasteiger partial charge in [-0.2, -0.15) is 0 Å². The Labute approximate surface area is 138 Å². The van der Waals surface area contributed by atoms with Crippen molar-refractivity contribution in [2.24, 2.45) is 5.92 Å². The van der Waals surface area contributed by atoms with Crippen LogP contribution in [0.4, 0.5) is 4.39 Å². The van der Waals surface area contributed by atoms with E-state index in [2.05, 4.69) is 36.0 Å². The van der Waals surface area contributed by atoms with Crippen molar-refractivity contribution in [2.75, 3.05) is 33.2 Å². The average molecular weight is 321 g/mol. The number of carbonyl (C=O) groups excluding carboxylic acids is 1. The fourth-order valence-corrected chi connectivity index (χ4v) is 2.91. The Bertz CT molecular complexity index is 495. The van der Waals surface area contributed by atoms with E-state index in [-0.39, 0.29) is 17.8 Å². The molecule has 1 aromatic rings. The fraction of sp³-hybridized carbons (Fsp3) is 0.611. The Morgan fingerprint density at radius 2 is 1.78 bits per heavy atom. The summed E-state index contributed by atoms with van der Waals surface area (Å²) in [5.74, 6) is 0.291. The van der Waals surface area contributed by atoms with Gasteiger partial charge in [-0.1, -0.05) is 26.0 Å². The van der Waals surface area contributed by atoms with Gasteiger partial charge in [0, 0.05) is 32.7 Å². The molecule has 1 unspecified atom stereocenters. The number of nitrogens with one attached hydrogen (secondary N) is 1. The van der Waals surface area contributed by atoms with Crippen LogP contribution >= 0.6 is 0 Å². The molecular weight excluding hydrogens is 293 g/mol. The highest BCUT2D eigenvalue weighted by Crippen LogP contribution is 2.14. The summed E-state index contributed by atoms with van der Waals surface area (Å²) >= 11 is 0. The number of halogens is 1. The number of piperazine rings is 1. The van der Waals surface area contributed by atoms with Crippen LogP contribution in [0.25, 0.3) is 0 Å². The molecule has 0 saturated carbocycles. The van der Waals surface area contributed by atoms with Gasteiger partial charge in [-0.25, -0.2) is 4.39 Å². The number of hydrogen-bond donors (Lipinski definition) is 1. The summed E-state index contributed by atoms with van der Waals surface area (Å²) in [7, 11) is 2.11. The molecule has 0 bridgehead atoms. The molecule has 1 aliphatic rings. The highest BCUT2D eigenvalue weighted by molar-refractivity contribution is 5.81. The standard InChI is InChI=1S/C18H28FN3O/c1-14(2)12-17(22-10-8-21(3)9-11-22)18(23)20-13-15-4-6-16(19)7-5-15/h4-7,14,17H,8-13H2,1-3H3,(H,20,23). The molecule has 1 fully saturated rings. The van der Waals surface area contributed by atoms with Gasteiger partial charge in [-0.3, -0.25) is 9.69 Å². The summed E-state index contributed by atoms with van der Waals surface area (Å²) < 4.78 is 12.9. The normalized spacial score (nSPS) is 18.1. The Morgan fingerprint density at radius 3 is 2.35 bits per heavy atom. The second kappa shape index (κ2) is 8.41. The lowest BCUT2D eigenvalue weighted by Crippen LogP contribution is -2.54. The summed E-state index contributed by atoms with van der Waals surface area (Å²) in [5.41, 5.74) is 0.918. The first-order valence-corrected chi connectivity index (χ1v) is 8.40. The van der Waals surface area contributed by atoms with Crippen LogP contribution in [0.3, 0.4) is 0 Å². The van der Waals surface area contributed by atoms with Gasteiger partial charge in [0.2, 0.25) is 5.91 Å². The van der Waals surface area contributed by atoms with Gasteiger partial charge in [0.05, 0.1) is 6.04 Å². The van der Waals surface area contributed by atoms with E-state index in [0.717, 1.165) is 38.2 Å². The van der Waals surface area contributed by atoms with Gasteiger partial charge in [0.15, 0.2) is 0 Å². The minimum Gasteiger partial charge on any atom is -0.351 e. The maximum atomic E-state index is 12.9. The first-order chi connectivity index (χ1) is 11.0. The van der Waals surface area contributed by atoms with E-state index in [9.17, 15) is 9.18 Å². The van der Waals surface area contributed by atoms with E-state index in [1.165, 1.54) is 12.1 Å². The molecule has 0 spiro atoms. The van der Waals surface area contributed by atoms with Gasteiger partial charge in [-0.15, -0.1) is 0 Å².